The molecule has 1 atom stereocenters. The Kier molecular flexibility index (Phi) is 5.05. The van der Waals surface area contributed by atoms with Gasteiger partial charge >= 0.3 is 5.91 Å². The predicted octanol–water partition coefficient (Wildman–Crippen LogP) is 5.19. The maximum Gasteiger partial charge on any atom is 0.301 e. The van der Waals surface area contributed by atoms with E-state index < -0.39 is 17.7 Å². The number of aliphatic hydroxyl groups excluding tert-OH is 1. The van der Waals surface area contributed by atoms with Crippen molar-refractivity contribution >= 4 is 61.4 Å². The molecule has 4 rings (SSSR count). The van der Waals surface area contributed by atoms with Crippen molar-refractivity contribution in [2.24, 2.45) is 0 Å². The van der Waals surface area contributed by atoms with Crippen LogP contribution in [0.2, 0.25) is 5.02 Å². The van der Waals surface area contributed by atoms with Crippen LogP contribution in [0, 0.1) is 0 Å². The molecule has 0 bridgehead atoms. The zero-order valence-corrected chi connectivity index (χ0v) is 17.3. The van der Waals surface area contributed by atoms with Crippen molar-refractivity contribution < 1.29 is 14.7 Å². The van der Waals surface area contributed by atoms with Gasteiger partial charge in [-0.15, -0.1) is 11.3 Å². The number of hydrogen-bond acceptors (Lipinski definition) is 5. The first-order chi connectivity index (χ1) is 13.5. The Morgan fingerprint density at radius 3 is 2.39 bits per heavy atom. The molecule has 1 aliphatic rings. The van der Waals surface area contributed by atoms with Gasteiger partial charge in [-0.1, -0.05) is 51.8 Å². The summed E-state index contributed by atoms with van der Waals surface area (Å²) >= 11 is 10.6. The van der Waals surface area contributed by atoms with Crippen molar-refractivity contribution in [3.8, 4) is 0 Å². The highest BCUT2D eigenvalue weighted by molar-refractivity contribution is 9.10. The number of benzene rings is 2. The smallest absolute Gasteiger partial charge is 0.301 e. The van der Waals surface area contributed by atoms with Gasteiger partial charge < -0.3 is 5.11 Å². The number of amides is 1. The van der Waals surface area contributed by atoms with Gasteiger partial charge in [-0.05, 0) is 29.8 Å². The fourth-order valence-corrected chi connectivity index (χ4v) is 4.15. The predicted molar refractivity (Wildman–Crippen MR) is 112 cm³/mol. The molecule has 1 aromatic heterocycles. The Labute approximate surface area is 178 Å². The van der Waals surface area contributed by atoms with Crippen LogP contribution in [0.25, 0.3) is 5.76 Å². The molecule has 5 nitrogen and oxygen atoms in total. The first kappa shape index (κ1) is 18.9. The van der Waals surface area contributed by atoms with Crippen LogP contribution >= 0.6 is 38.9 Å². The number of nitrogens with zero attached hydrogens (tertiary/aromatic N) is 2. The van der Waals surface area contributed by atoms with Crippen LogP contribution in [0.15, 0.2) is 70.2 Å². The molecule has 1 N–H and O–H groups in total. The normalized spacial score (nSPS) is 18.6. The molecule has 8 heteroatoms. The van der Waals surface area contributed by atoms with Crippen LogP contribution < -0.4 is 4.90 Å². The van der Waals surface area contributed by atoms with E-state index in [2.05, 4.69) is 20.9 Å². The topological polar surface area (TPSA) is 70.5 Å². The summed E-state index contributed by atoms with van der Waals surface area (Å²) in [4.78, 5) is 31.2. The molecular formula is C20H12BrClN2O3S. The third-order valence-electron chi connectivity index (χ3n) is 4.37. The first-order valence-electron chi connectivity index (χ1n) is 8.19. The van der Waals surface area contributed by atoms with E-state index in [0.29, 0.717) is 21.3 Å². The molecule has 1 amide bonds. The van der Waals surface area contributed by atoms with E-state index in [1.807, 2.05) is 0 Å². The number of hydrogen-bond donors (Lipinski definition) is 1. The van der Waals surface area contributed by atoms with Crippen molar-refractivity contribution in [1.29, 1.82) is 0 Å². The molecule has 2 aromatic carbocycles. The summed E-state index contributed by atoms with van der Waals surface area (Å²) in [5.41, 5.74) is 1.11. The monoisotopic (exact) mass is 474 g/mol. The largest absolute Gasteiger partial charge is 0.507 e. The Morgan fingerprint density at radius 2 is 1.79 bits per heavy atom. The number of thiazole rings is 1. The zero-order valence-electron chi connectivity index (χ0n) is 14.2. The van der Waals surface area contributed by atoms with Crippen LogP contribution in [0.5, 0.6) is 0 Å². The minimum atomic E-state index is -0.799. The molecule has 28 heavy (non-hydrogen) atoms. The average molecular weight is 476 g/mol. The fourth-order valence-electron chi connectivity index (χ4n) is 3.09. The highest BCUT2D eigenvalue weighted by atomic mass is 79.9. The van der Waals surface area contributed by atoms with Gasteiger partial charge in [0.25, 0.3) is 5.78 Å². The molecule has 1 saturated heterocycles. The molecule has 1 aliphatic heterocycles. The van der Waals surface area contributed by atoms with E-state index in [-0.39, 0.29) is 11.3 Å². The van der Waals surface area contributed by atoms with Crippen molar-refractivity contribution in [2.75, 3.05) is 4.90 Å². The fraction of sp³-hybridized carbons (Fsp3) is 0.0500. The minimum Gasteiger partial charge on any atom is -0.507 e. The molecular weight excluding hydrogens is 464 g/mol. The Morgan fingerprint density at radius 1 is 1.11 bits per heavy atom. The summed E-state index contributed by atoms with van der Waals surface area (Å²) in [6, 6.07) is 12.9. The minimum absolute atomic E-state index is 0.0184. The van der Waals surface area contributed by atoms with Gasteiger partial charge in [-0.3, -0.25) is 14.5 Å². The second kappa shape index (κ2) is 7.50. The van der Waals surface area contributed by atoms with E-state index in [1.165, 1.54) is 16.2 Å². The Balaban J connectivity index is 1.93. The molecule has 1 unspecified atom stereocenters. The lowest BCUT2D eigenvalue weighted by Crippen LogP contribution is -2.29. The van der Waals surface area contributed by atoms with Gasteiger partial charge in [0.1, 0.15) is 5.76 Å². The molecule has 0 radical (unpaired) electrons. The van der Waals surface area contributed by atoms with Crippen LogP contribution in [0.3, 0.4) is 0 Å². The van der Waals surface area contributed by atoms with E-state index in [9.17, 15) is 14.7 Å². The molecule has 3 aromatic rings. The second-order valence-electron chi connectivity index (χ2n) is 6.04. The van der Waals surface area contributed by atoms with E-state index in [4.69, 9.17) is 11.6 Å². The van der Waals surface area contributed by atoms with Crippen molar-refractivity contribution in [3.63, 3.8) is 0 Å². The number of halogens is 2. The molecule has 2 heterocycles. The molecule has 140 valence electrons. The van der Waals surface area contributed by atoms with Crippen LogP contribution in [0.1, 0.15) is 17.2 Å². The molecule has 1 fully saturated rings. The van der Waals surface area contributed by atoms with Crippen LogP contribution in [-0.2, 0) is 9.59 Å². The van der Waals surface area contributed by atoms with Crippen LogP contribution in [-0.4, -0.2) is 21.8 Å². The lowest BCUT2D eigenvalue weighted by Gasteiger charge is -2.23. The third-order valence-corrected chi connectivity index (χ3v) is 5.92. The average Bonchev–Trinajstić information content (AvgIpc) is 3.30. The number of Topliss-reactive ketones (excluding diaryl/α,β-unsaturated/α-hetero) is 1. The maximum absolute atomic E-state index is 12.9. The highest BCUT2D eigenvalue weighted by Gasteiger charge is 2.47. The van der Waals surface area contributed by atoms with Gasteiger partial charge in [0.2, 0.25) is 0 Å². The number of carbonyl (C=O) groups excluding carboxylic acids is 2. The second-order valence-corrected chi connectivity index (χ2v) is 8.27. The number of carbonyl (C=O) groups is 2. The molecule has 0 saturated carbocycles. The summed E-state index contributed by atoms with van der Waals surface area (Å²) in [6.45, 7) is 0. The summed E-state index contributed by atoms with van der Waals surface area (Å²) in [6.07, 6.45) is 1.56. The van der Waals surface area contributed by atoms with Gasteiger partial charge in [-0.25, -0.2) is 4.98 Å². The van der Waals surface area contributed by atoms with Crippen molar-refractivity contribution in [3.05, 3.63) is 86.3 Å². The lowest BCUT2D eigenvalue weighted by atomic mass is 9.95. The maximum atomic E-state index is 12.9. The zero-order chi connectivity index (χ0) is 19.8. The third kappa shape index (κ3) is 3.26. The molecule has 0 spiro atoms. The number of anilines is 1. The Bertz CT molecular complexity index is 1080. The van der Waals surface area contributed by atoms with E-state index in [1.54, 1.807) is 60.1 Å². The molecule has 0 aliphatic carbocycles. The van der Waals surface area contributed by atoms with Crippen LogP contribution in [0.4, 0.5) is 5.13 Å². The van der Waals surface area contributed by atoms with Gasteiger partial charge in [0.05, 0.1) is 11.6 Å². The summed E-state index contributed by atoms with van der Waals surface area (Å²) < 4.78 is 0.835. The van der Waals surface area contributed by atoms with E-state index in [0.717, 1.165) is 4.47 Å². The van der Waals surface area contributed by atoms with Gasteiger partial charge in [0.15, 0.2) is 5.13 Å². The Hall–Kier alpha value is -2.48. The standard InChI is InChI=1S/C20H12BrClN2O3S/c21-13-5-1-12(2-6-13)17(25)15-16(11-3-7-14(22)8-4-11)24(19(27)18(15)26)20-23-9-10-28-20/h1-10,16,25H. The number of ketones is 1. The van der Waals surface area contributed by atoms with E-state index >= 15 is 0 Å². The number of aromatic nitrogens is 1. The van der Waals surface area contributed by atoms with Crippen molar-refractivity contribution in [2.45, 2.75) is 6.04 Å². The quantitative estimate of drug-likeness (QED) is 0.322. The lowest BCUT2D eigenvalue weighted by molar-refractivity contribution is -0.132. The SMILES string of the molecule is O=C1C(=O)N(c2nccs2)C(c2ccc(Cl)cc2)C1=C(O)c1ccc(Br)cc1. The van der Waals surface area contributed by atoms with Gasteiger partial charge in [0, 0.05) is 26.6 Å². The van der Waals surface area contributed by atoms with Crippen molar-refractivity contribution in [1.82, 2.24) is 4.98 Å². The highest BCUT2D eigenvalue weighted by Crippen LogP contribution is 2.42. The first-order valence-corrected chi connectivity index (χ1v) is 10.2. The summed E-state index contributed by atoms with van der Waals surface area (Å²) in [7, 11) is 0. The summed E-state index contributed by atoms with van der Waals surface area (Å²) in [5, 5.41) is 13.6. The summed E-state index contributed by atoms with van der Waals surface area (Å²) in [5.74, 6) is -1.71. The van der Waals surface area contributed by atoms with Gasteiger partial charge in [-0.2, -0.15) is 0 Å². The number of aliphatic hydroxyl groups is 1. The number of rotatable bonds is 3.